The van der Waals surface area contributed by atoms with Gasteiger partial charge in [0, 0.05) is 22.7 Å². The Kier molecular flexibility index (Phi) is 2.37. The molecule has 3 nitrogen and oxygen atoms in total. The number of H-pyrrole nitrogens is 1. The number of hydrogen-bond acceptors (Lipinski definition) is 2. The van der Waals surface area contributed by atoms with Crippen molar-refractivity contribution in [2.24, 2.45) is 0 Å². The van der Waals surface area contributed by atoms with Crippen LogP contribution in [0, 0.1) is 0 Å². The highest BCUT2D eigenvalue weighted by molar-refractivity contribution is 7.98. The van der Waals surface area contributed by atoms with Gasteiger partial charge in [-0.1, -0.05) is 12.2 Å². The van der Waals surface area contributed by atoms with Crippen molar-refractivity contribution in [3.63, 3.8) is 0 Å². The number of aromatic nitrogens is 1. The van der Waals surface area contributed by atoms with Crippen LogP contribution in [0.5, 0.6) is 0 Å². The van der Waals surface area contributed by atoms with Gasteiger partial charge in [0.15, 0.2) is 0 Å². The Hall–Kier alpha value is -1.16. The van der Waals surface area contributed by atoms with E-state index in [1.54, 1.807) is 11.8 Å². The Bertz CT molecular complexity index is 395. The molecule has 0 bridgehead atoms. The number of hydrogen-bond donors (Lipinski definition) is 2. The van der Waals surface area contributed by atoms with Crippen LogP contribution in [0.2, 0.25) is 0 Å². The standard InChI is InChI=1S/C10H12N2OS/c1-6-3-4-7-8(14-2)5-11-9(7)10(13)12-6/h3-6,11H,1-2H3,(H,12,13). The van der Waals surface area contributed by atoms with Crippen molar-refractivity contribution in [2.45, 2.75) is 17.9 Å². The molecule has 2 N–H and O–H groups in total. The van der Waals surface area contributed by atoms with E-state index in [-0.39, 0.29) is 11.9 Å². The first-order chi connectivity index (χ1) is 6.72. The first-order valence-corrected chi connectivity index (χ1v) is 5.69. The molecule has 0 aromatic carbocycles. The van der Waals surface area contributed by atoms with Gasteiger partial charge in [-0.2, -0.15) is 0 Å². The van der Waals surface area contributed by atoms with E-state index in [2.05, 4.69) is 10.3 Å². The topological polar surface area (TPSA) is 44.9 Å². The second kappa shape index (κ2) is 3.53. The van der Waals surface area contributed by atoms with E-state index in [0.717, 1.165) is 10.5 Å². The van der Waals surface area contributed by atoms with Crippen LogP contribution in [0.3, 0.4) is 0 Å². The van der Waals surface area contributed by atoms with Crippen LogP contribution in [0.25, 0.3) is 6.08 Å². The first kappa shape index (κ1) is 9.40. The lowest BCUT2D eigenvalue weighted by atomic mass is 10.2. The summed E-state index contributed by atoms with van der Waals surface area (Å²) in [4.78, 5) is 15.8. The number of carbonyl (C=O) groups excluding carboxylic acids is 1. The number of thioether (sulfide) groups is 1. The van der Waals surface area contributed by atoms with Gasteiger partial charge in [0.2, 0.25) is 0 Å². The summed E-state index contributed by atoms with van der Waals surface area (Å²) in [6, 6.07) is 0.0954. The summed E-state index contributed by atoms with van der Waals surface area (Å²) in [5.41, 5.74) is 1.66. The van der Waals surface area contributed by atoms with Crippen molar-refractivity contribution < 1.29 is 4.79 Å². The van der Waals surface area contributed by atoms with Crippen LogP contribution in [0.4, 0.5) is 0 Å². The zero-order chi connectivity index (χ0) is 10.1. The molecule has 4 heteroatoms. The largest absolute Gasteiger partial charge is 0.356 e. The van der Waals surface area contributed by atoms with Crippen molar-refractivity contribution in [1.82, 2.24) is 10.3 Å². The Balaban J connectivity index is 2.50. The fourth-order valence-electron chi connectivity index (χ4n) is 1.51. The highest BCUT2D eigenvalue weighted by atomic mass is 32.2. The second-order valence-electron chi connectivity index (χ2n) is 3.27. The van der Waals surface area contributed by atoms with Gasteiger partial charge >= 0.3 is 0 Å². The Morgan fingerprint density at radius 2 is 2.29 bits per heavy atom. The predicted molar refractivity (Wildman–Crippen MR) is 58.5 cm³/mol. The molecule has 0 aliphatic carbocycles. The number of carbonyl (C=O) groups is 1. The summed E-state index contributed by atoms with van der Waals surface area (Å²) in [5, 5.41) is 2.87. The van der Waals surface area contributed by atoms with E-state index in [0.29, 0.717) is 5.69 Å². The van der Waals surface area contributed by atoms with Gasteiger partial charge < -0.3 is 10.3 Å². The maximum Gasteiger partial charge on any atom is 0.268 e. The molecule has 74 valence electrons. The van der Waals surface area contributed by atoms with Gasteiger partial charge in [0.05, 0.1) is 0 Å². The predicted octanol–water partition coefficient (Wildman–Crippen LogP) is 1.88. The van der Waals surface area contributed by atoms with E-state index in [1.165, 1.54) is 0 Å². The monoisotopic (exact) mass is 208 g/mol. The lowest BCUT2D eigenvalue weighted by Crippen LogP contribution is -2.30. The minimum absolute atomic E-state index is 0.0298. The normalized spacial score (nSPS) is 20.1. The van der Waals surface area contributed by atoms with Crippen LogP contribution in [0.15, 0.2) is 17.2 Å². The van der Waals surface area contributed by atoms with E-state index in [1.807, 2.05) is 31.5 Å². The minimum Gasteiger partial charge on any atom is -0.356 e. The maximum atomic E-state index is 11.7. The molecule has 0 saturated heterocycles. The molecule has 1 unspecified atom stereocenters. The third-order valence-corrected chi connectivity index (χ3v) is 3.02. The van der Waals surface area contributed by atoms with Gasteiger partial charge in [-0.25, -0.2) is 0 Å². The molecule has 0 saturated carbocycles. The smallest absolute Gasteiger partial charge is 0.268 e. The molecule has 1 aromatic rings. The summed E-state index contributed by atoms with van der Waals surface area (Å²) in [6.45, 7) is 1.96. The minimum atomic E-state index is -0.0298. The summed E-state index contributed by atoms with van der Waals surface area (Å²) < 4.78 is 0. The van der Waals surface area contributed by atoms with E-state index < -0.39 is 0 Å². The molecule has 0 spiro atoms. The zero-order valence-electron chi connectivity index (χ0n) is 8.13. The van der Waals surface area contributed by atoms with Gasteiger partial charge in [0.25, 0.3) is 5.91 Å². The fourth-order valence-corrected chi connectivity index (χ4v) is 2.07. The van der Waals surface area contributed by atoms with Crippen LogP contribution in [-0.2, 0) is 0 Å². The van der Waals surface area contributed by atoms with Crippen molar-refractivity contribution in [3.8, 4) is 0 Å². The van der Waals surface area contributed by atoms with Crippen LogP contribution in [-0.4, -0.2) is 23.2 Å². The van der Waals surface area contributed by atoms with Crippen LogP contribution >= 0.6 is 11.8 Å². The summed E-state index contributed by atoms with van der Waals surface area (Å²) in [6.07, 6.45) is 7.87. The highest BCUT2D eigenvalue weighted by Crippen LogP contribution is 2.26. The van der Waals surface area contributed by atoms with Crippen LogP contribution < -0.4 is 5.32 Å². The molecule has 2 heterocycles. The molecule has 1 aliphatic rings. The quantitative estimate of drug-likeness (QED) is 0.692. The van der Waals surface area contributed by atoms with Gasteiger partial charge in [-0.05, 0) is 13.2 Å². The maximum absolute atomic E-state index is 11.7. The van der Waals surface area contributed by atoms with Crippen molar-refractivity contribution in [1.29, 1.82) is 0 Å². The van der Waals surface area contributed by atoms with Crippen LogP contribution in [0.1, 0.15) is 23.0 Å². The van der Waals surface area contributed by atoms with Gasteiger partial charge in [0.1, 0.15) is 5.69 Å². The van der Waals surface area contributed by atoms with Crippen molar-refractivity contribution in [3.05, 3.63) is 23.5 Å². The molecule has 1 atom stereocenters. The third kappa shape index (κ3) is 1.46. The number of aromatic amines is 1. The molecule has 1 amide bonds. The number of nitrogens with one attached hydrogen (secondary N) is 2. The second-order valence-corrected chi connectivity index (χ2v) is 4.12. The molecule has 0 fully saturated rings. The fraction of sp³-hybridized carbons (Fsp3) is 0.300. The molecule has 14 heavy (non-hydrogen) atoms. The zero-order valence-corrected chi connectivity index (χ0v) is 8.94. The first-order valence-electron chi connectivity index (χ1n) is 4.47. The number of amides is 1. The SMILES string of the molecule is CSc1c[nH]c2c1C=CC(C)NC2=O. The molecule has 1 aromatic heterocycles. The Morgan fingerprint density at radius 3 is 3.00 bits per heavy atom. The number of fused-ring (bicyclic) bond motifs is 1. The lowest BCUT2D eigenvalue weighted by molar-refractivity contribution is 0.0943. The molecule has 0 radical (unpaired) electrons. The summed E-state index contributed by atoms with van der Waals surface area (Å²) in [7, 11) is 0. The molecule has 1 aliphatic heterocycles. The van der Waals surface area contributed by atoms with E-state index in [4.69, 9.17) is 0 Å². The molecular formula is C10H12N2OS. The van der Waals surface area contributed by atoms with Gasteiger partial charge in [-0.15, -0.1) is 11.8 Å². The highest BCUT2D eigenvalue weighted by Gasteiger charge is 2.18. The summed E-state index contributed by atoms with van der Waals surface area (Å²) >= 11 is 1.64. The number of rotatable bonds is 1. The summed E-state index contributed by atoms with van der Waals surface area (Å²) in [5.74, 6) is -0.0298. The average molecular weight is 208 g/mol. The van der Waals surface area contributed by atoms with Crippen molar-refractivity contribution in [2.75, 3.05) is 6.26 Å². The lowest BCUT2D eigenvalue weighted by Gasteiger charge is -2.05. The molecular weight excluding hydrogens is 196 g/mol. The van der Waals surface area contributed by atoms with E-state index in [9.17, 15) is 4.79 Å². The molecule has 2 rings (SSSR count). The van der Waals surface area contributed by atoms with Gasteiger partial charge in [-0.3, -0.25) is 4.79 Å². The Labute approximate surface area is 87.0 Å². The van der Waals surface area contributed by atoms with E-state index >= 15 is 0 Å². The Morgan fingerprint density at radius 1 is 1.50 bits per heavy atom. The third-order valence-electron chi connectivity index (χ3n) is 2.24. The van der Waals surface area contributed by atoms with Crippen molar-refractivity contribution >= 4 is 23.7 Å². The average Bonchev–Trinajstić information content (AvgIpc) is 2.51.